The zero-order chi connectivity index (χ0) is 15.6. The van der Waals surface area contributed by atoms with Crippen molar-refractivity contribution in [3.63, 3.8) is 0 Å². The second-order valence-electron chi connectivity index (χ2n) is 5.32. The number of rotatable bonds is 7. The molecular weight excluding hydrogens is 405 g/mol. The van der Waals surface area contributed by atoms with Crippen molar-refractivity contribution in [3.8, 4) is 5.75 Å². The Balaban J connectivity index is 0.00000264. The van der Waals surface area contributed by atoms with Crippen LogP contribution in [0.15, 0.2) is 29.3 Å². The lowest BCUT2D eigenvalue weighted by Gasteiger charge is -2.15. The Labute approximate surface area is 156 Å². The molecule has 0 spiro atoms. The van der Waals surface area contributed by atoms with Gasteiger partial charge in [0.2, 0.25) is 0 Å². The van der Waals surface area contributed by atoms with Gasteiger partial charge in [0.15, 0.2) is 5.96 Å². The minimum Gasteiger partial charge on any atom is -0.494 e. The van der Waals surface area contributed by atoms with E-state index in [-0.39, 0.29) is 24.0 Å². The van der Waals surface area contributed by atoms with Crippen molar-refractivity contribution in [2.75, 3.05) is 26.8 Å². The Morgan fingerprint density at radius 3 is 2.87 bits per heavy atom. The van der Waals surface area contributed by atoms with E-state index in [9.17, 15) is 0 Å². The SMILES string of the molecule is CCOc1ccccc1CNC(=NC)NCCC1CCCO1.I. The predicted molar refractivity (Wildman–Crippen MR) is 105 cm³/mol. The summed E-state index contributed by atoms with van der Waals surface area (Å²) in [5.41, 5.74) is 1.13. The molecule has 0 radical (unpaired) electrons. The number of hydrogen-bond acceptors (Lipinski definition) is 3. The quantitative estimate of drug-likeness (QED) is 0.395. The number of ether oxygens (including phenoxy) is 2. The molecule has 1 aliphatic rings. The van der Waals surface area contributed by atoms with Crippen LogP contribution < -0.4 is 15.4 Å². The van der Waals surface area contributed by atoms with E-state index < -0.39 is 0 Å². The summed E-state index contributed by atoms with van der Waals surface area (Å²) in [5, 5.41) is 6.66. The maximum absolute atomic E-state index is 5.63. The van der Waals surface area contributed by atoms with Crippen molar-refractivity contribution in [1.82, 2.24) is 10.6 Å². The molecule has 1 heterocycles. The molecule has 2 N–H and O–H groups in total. The number of nitrogens with zero attached hydrogens (tertiary/aromatic N) is 1. The summed E-state index contributed by atoms with van der Waals surface area (Å²) in [7, 11) is 1.79. The Kier molecular flexibility index (Phi) is 10.0. The number of aliphatic imine (C=N–C) groups is 1. The lowest BCUT2D eigenvalue weighted by Crippen LogP contribution is -2.38. The van der Waals surface area contributed by atoms with Gasteiger partial charge < -0.3 is 20.1 Å². The first-order valence-corrected chi connectivity index (χ1v) is 8.10. The highest BCUT2D eigenvalue weighted by Gasteiger charge is 2.14. The van der Waals surface area contributed by atoms with E-state index in [2.05, 4.69) is 21.7 Å². The fourth-order valence-corrected chi connectivity index (χ4v) is 2.57. The fraction of sp³-hybridized carbons (Fsp3) is 0.588. The Bertz CT molecular complexity index is 477. The average molecular weight is 433 g/mol. The van der Waals surface area contributed by atoms with Gasteiger partial charge in [0, 0.05) is 32.3 Å². The number of guanidine groups is 1. The summed E-state index contributed by atoms with van der Waals surface area (Å²) in [5.74, 6) is 1.73. The van der Waals surface area contributed by atoms with E-state index in [1.807, 2.05) is 25.1 Å². The van der Waals surface area contributed by atoms with Crippen LogP contribution >= 0.6 is 24.0 Å². The van der Waals surface area contributed by atoms with Crippen LogP contribution in [0.4, 0.5) is 0 Å². The molecule has 0 amide bonds. The molecule has 0 aromatic heterocycles. The van der Waals surface area contributed by atoms with Crippen molar-refractivity contribution in [3.05, 3.63) is 29.8 Å². The molecule has 6 heteroatoms. The summed E-state index contributed by atoms with van der Waals surface area (Å²) in [4.78, 5) is 4.26. The molecule has 1 aromatic carbocycles. The van der Waals surface area contributed by atoms with Crippen LogP contribution in [0.1, 0.15) is 31.7 Å². The molecule has 1 aromatic rings. The third kappa shape index (κ3) is 6.95. The summed E-state index contributed by atoms with van der Waals surface area (Å²) >= 11 is 0. The van der Waals surface area contributed by atoms with Gasteiger partial charge in [-0.15, -0.1) is 24.0 Å². The zero-order valence-electron chi connectivity index (χ0n) is 14.0. The van der Waals surface area contributed by atoms with E-state index in [1.54, 1.807) is 7.05 Å². The minimum absolute atomic E-state index is 0. The van der Waals surface area contributed by atoms with Gasteiger partial charge >= 0.3 is 0 Å². The van der Waals surface area contributed by atoms with E-state index in [0.29, 0.717) is 19.3 Å². The topological polar surface area (TPSA) is 54.9 Å². The van der Waals surface area contributed by atoms with Crippen LogP contribution in [0.2, 0.25) is 0 Å². The first-order chi connectivity index (χ1) is 10.8. The van der Waals surface area contributed by atoms with Crippen LogP contribution in [0.25, 0.3) is 0 Å². The van der Waals surface area contributed by atoms with Gasteiger partial charge in [-0.3, -0.25) is 4.99 Å². The molecule has 0 saturated carbocycles. The Hall–Kier alpha value is -1.02. The molecule has 0 bridgehead atoms. The number of benzene rings is 1. The van der Waals surface area contributed by atoms with Crippen molar-refractivity contribution >= 4 is 29.9 Å². The van der Waals surface area contributed by atoms with Crippen LogP contribution in [0.3, 0.4) is 0 Å². The van der Waals surface area contributed by atoms with Gasteiger partial charge in [0.1, 0.15) is 5.75 Å². The average Bonchev–Trinajstić information content (AvgIpc) is 3.05. The predicted octanol–water partition coefficient (Wildman–Crippen LogP) is 2.94. The molecule has 5 nitrogen and oxygen atoms in total. The zero-order valence-corrected chi connectivity index (χ0v) is 16.3. The molecule has 1 unspecified atom stereocenters. The number of halogens is 1. The van der Waals surface area contributed by atoms with Crippen LogP contribution in [0, 0.1) is 0 Å². The summed E-state index contributed by atoms with van der Waals surface area (Å²) < 4.78 is 11.3. The molecule has 1 atom stereocenters. The van der Waals surface area contributed by atoms with Gasteiger partial charge in [-0.25, -0.2) is 0 Å². The first kappa shape index (κ1) is 20.0. The summed E-state index contributed by atoms with van der Waals surface area (Å²) in [6.07, 6.45) is 3.79. The van der Waals surface area contributed by atoms with Gasteiger partial charge in [0.05, 0.1) is 12.7 Å². The highest BCUT2D eigenvalue weighted by atomic mass is 127. The second-order valence-corrected chi connectivity index (χ2v) is 5.32. The van der Waals surface area contributed by atoms with E-state index in [1.165, 1.54) is 12.8 Å². The van der Waals surface area contributed by atoms with Gasteiger partial charge in [0.25, 0.3) is 0 Å². The lowest BCUT2D eigenvalue weighted by atomic mass is 10.2. The van der Waals surface area contributed by atoms with E-state index >= 15 is 0 Å². The second kappa shape index (κ2) is 11.5. The monoisotopic (exact) mass is 433 g/mol. The third-order valence-corrected chi connectivity index (χ3v) is 3.73. The van der Waals surface area contributed by atoms with E-state index in [0.717, 1.165) is 36.8 Å². The lowest BCUT2D eigenvalue weighted by molar-refractivity contribution is 0.105. The van der Waals surface area contributed by atoms with Crippen LogP contribution in [0.5, 0.6) is 5.75 Å². The molecule has 2 rings (SSSR count). The third-order valence-electron chi connectivity index (χ3n) is 3.73. The largest absolute Gasteiger partial charge is 0.494 e. The van der Waals surface area contributed by atoms with E-state index in [4.69, 9.17) is 9.47 Å². The number of nitrogens with one attached hydrogen (secondary N) is 2. The summed E-state index contributed by atoms with van der Waals surface area (Å²) in [6, 6.07) is 8.07. The van der Waals surface area contributed by atoms with Crippen LogP contribution in [-0.4, -0.2) is 38.9 Å². The highest BCUT2D eigenvalue weighted by molar-refractivity contribution is 14.0. The van der Waals surface area contributed by atoms with Crippen LogP contribution in [-0.2, 0) is 11.3 Å². The van der Waals surface area contributed by atoms with Gasteiger partial charge in [-0.2, -0.15) is 0 Å². The molecule has 130 valence electrons. The standard InChI is InChI=1S/C17H27N3O2.HI/c1-3-21-16-9-5-4-7-14(16)13-20-17(18-2)19-11-10-15-8-6-12-22-15;/h4-5,7,9,15H,3,6,8,10-13H2,1-2H3,(H2,18,19,20);1H. The van der Waals surface area contributed by atoms with Crippen molar-refractivity contribution < 1.29 is 9.47 Å². The maximum atomic E-state index is 5.63. The van der Waals surface area contributed by atoms with Crippen molar-refractivity contribution in [1.29, 1.82) is 0 Å². The normalized spacial score (nSPS) is 17.5. The molecule has 1 fully saturated rings. The number of para-hydroxylation sites is 1. The molecule has 23 heavy (non-hydrogen) atoms. The molecular formula is C17H28IN3O2. The maximum Gasteiger partial charge on any atom is 0.191 e. The highest BCUT2D eigenvalue weighted by Crippen LogP contribution is 2.17. The fourth-order valence-electron chi connectivity index (χ4n) is 2.57. The van der Waals surface area contributed by atoms with Crippen molar-refractivity contribution in [2.24, 2.45) is 4.99 Å². The minimum atomic E-state index is 0. The first-order valence-electron chi connectivity index (χ1n) is 8.10. The Morgan fingerprint density at radius 1 is 1.35 bits per heavy atom. The Morgan fingerprint density at radius 2 is 2.17 bits per heavy atom. The molecule has 1 aliphatic heterocycles. The number of hydrogen-bond donors (Lipinski definition) is 2. The summed E-state index contributed by atoms with van der Waals surface area (Å²) in [6.45, 7) is 5.14. The molecule has 0 aliphatic carbocycles. The van der Waals surface area contributed by atoms with Crippen molar-refractivity contribution in [2.45, 2.75) is 38.8 Å². The van der Waals surface area contributed by atoms with Gasteiger partial charge in [-0.1, -0.05) is 18.2 Å². The van der Waals surface area contributed by atoms with Gasteiger partial charge in [-0.05, 0) is 32.3 Å². The smallest absolute Gasteiger partial charge is 0.191 e. The molecule has 1 saturated heterocycles.